The third-order valence-corrected chi connectivity index (χ3v) is 8.60. The van der Waals surface area contributed by atoms with Crippen LogP contribution in [-0.4, -0.2) is 63.1 Å². The van der Waals surface area contributed by atoms with Crippen LogP contribution in [0.25, 0.3) is 22.3 Å². The van der Waals surface area contributed by atoms with Gasteiger partial charge < -0.3 is 26.0 Å². The maximum absolute atomic E-state index is 12.5. The molecular weight excluding hydrogens is 604 g/mol. The van der Waals surface area contributed by atoms with Crippen LogP contribution in [0.4, 0.5) is 4.79 Å². The molecule has 252 valence electrons. The van der Waals surface area contributed by atoms with Crippen molar-refractivity contribution in [1.82, 2.24) is 34.4 Å². The van der Waals surface area contributed by atoms with Crippen LogP contribution in [-0.2, 0) is 18.0 Å². The van der Waals surface area contributed by atoms with Gasteiger partial charge in [0, 0.05) is 24.2 Å². The molecule has 1 amide bonds. The number of rotatable bonds is 5. The van der Waals surface area contributed by atoms with Gasteiger partial charge in [-0.3, -0.25) is 18.7 Å². The SMILES string of the molecule is CC(C)(C)OC(=O)NC1CCC(n2c(=O)cnc3ccc(CO)nc32)CC1.NC1CCC(n2c(=O)cnc3ccc(CO)nc32)CC1. The summed E-state index contributed by atoms with van der Waals surface area (Å²) in [6.07, 6.45) is 8.82. The van der Waals surface area contributed by atoms with Gasteiger partial charge in [-0.1, -0.05) is 0 Å². The van der Waals surface area contributed by atoms with Gasteiger partial charge in [-0.05, 0) is 96.4 Å². The molecule has 2 aliphatic carbocycles. The maximum atomic E-state index is 12.5. The second kappa shape index (κ2) is 14.7. The molecule has 2 aliphatic rings. The van der Waals surface area contributed by atoms with Gasteiger partial charge in [-0.15, -0.1) is 0 Å². The molecule has 6 rings (SSSR count). The van der Waals surface area contributed by atoms with Crippen molar-refractivity contribution in [2.45, 2.75) is 115 Å². The lowest BCUT2D eigenvalue weighted by molar-refractivity contribution is 0.0488. The van der Waals surface area contributed by atoms with E-state index in [-0.39, 0.29) is 48.5 Å². The summed E-state index contributed by atoms with van der Waals surface area (Å²) in [4.78, 5) is 53.6. The first-order valence-corrected chi connectivity index (χ1v) is 16.2. The molecule has 14 heteroatoms. The first-order chi connectivity index (χ1) is 22.5. The second-order valence-electron chi connectivity index (χ2n) is 13.3. The van der Waals surface area contributed by atoms with Crippen LogP contribution in [0.15, 0.2) is 46.2 Å². The molecule has 4 aromatic rings. The number of nitrogens with one attached hydrogen (secondary N) is 1. The van der Waals surface area contributed by atoms with Gasteiger partial charge in [0.25, 0.3) is 11.1 Å². The van der Waals surface area contributed by atoms with Gasteiger partial charge in [-0.2, -0.15) is 0 Å². The number of pyridine rings is 2. The number of carbonyl (C=O) groups is 1. The number of carbonyl (C=O) groups excluding carboxylic acids is 1. The van der Waals surface area contributed by atoms with Crippen molar-refractivity contribution in [3.05, 3.63) is 68.8 Å². The highest BCUT2D eigenvalue weighted by atomic mass is 16.6. The summed E-state index contributed by atoms with van der Waals surface area (Å²) in [7, 11) is 0. The van der Waals surface area contributed by atoms with E-state index in [0.29, 0.717) is 33.7 Å². The van der Waals surface area contributed by atoms with Crippen molar-refractivity contribution in [2.24, 2.45) is 5.73 Å². The van der Waals surface area contributed by atoms with E-state index in [1.807, 2.05) is 20.8 Å². The molecular formula is C33H44N8O6. The number of nitrogens with zero attached hydrogens (tertiary/aromatic N) is 6. The predicted octanol–water partition coefficient (Wildman–Crippen LogP) is 3.02. The average molecular weight is 649 g/mol. The van der Waals surface area contributed by atoms with Crippen molar-refractivity contribution in [2.75, 3.05) is 0 Å². The Balaban J connectivity index is 0.000000193. The van der Waals surface area contributed by atoms with Gasteiger partial charge >= 0.3 is 6.09 Å². The smallest absolute Gasteiger partial charge is 0.407 e. The highest BCUT2D eigenvalue weighted by molar-refractivity contribution is 5.71. The number of aromatic nitrogens is 6. The topological polar surface area (TPSA) is 200 Å². The van der Waals surface area contributed by atoms with Gasteiger partial charge in [0.1, 0.15) is 16.6 Å². The molecule has 2 fully saturated rings. The number of alkyl carbamates (subject to hydrolysis) is 1. The van der Waals surface area contributed by atoms with Crippen molar-refractivity contribution in [3.8, 4) is 0 Å². The summed E-state index contributed by atoms with van der Waals surface area (Å²) in [6.45, 7) is 5.16. The quantitative estimate of drug-likeness (QED) is 0.248. The fourth-order valence-electron chi connectivity index (χ4n) is 6.29. The largest absolute Gasteiger partial charge is 0.444 e. The zero-order chi connectivity index (χ0) is 33.7. The third kappa shape index (κ3) is 8.37. The second-order valence-corrected chi connectivity index (χ2v) is 13.3. The number of hydrogen-bond donors (Lipinski definition) is 4. The monoisotopic (exact) mass is 648 g/mol. The Kier molecular flexibility index (Phi) is 10.6. The highest BCUT2D eigenvalue weighted by Crippen LogP contribution is 2.30. The average Bonchev–Trinajstić information content (AvgIpc) is 3.04. The van der Waals surface area contributed by atoms with Crippen LogP contribution in [0, 0.1) is 0 Å². The van der Waals surface area contributed by atoms with E-state index in [1.54, 1.807) is 33.4 Å². The molecule has 0 spiro atoms. The van der Waals surface area contributed by atoms with Crippen LogP contribution in [0.3, 0.4) is 0 Å². The Labute approximate surface area is 272 Å². The highest BCUT2D eigenvalue weighted by Gasteiger charge is 2.27. The standard InChI is InChI=1S/C19H26N4O4.C14H18N4O2/c1-19(2,3)27-18(26)22-12-4-7-14(8-5-12)23-16(25)10-20-15-9-6-13(11-24)21-17(15)23;15-9-1-4-11(5-2-9)18-13(20)7-16-12-6-3-10(8-19)17-14(12)18/h6,9-10,12,14,24H,4-5,7-8,11H2,1-3H3,(H,22,26);3,6-7,9,11,19H,1-2,4-5,8,15H2. The molecule has 2 saturated carbocycles. The Bertz CT molecular complexity index is 1820. The predicted molar refractivity (Wildman–Crippen MR) is 176 cm³/mol. The molecule has 0 bridgehead atoms. The van der Waals surface area contributed by atoms with Crippen molar-refractivity contribution in [1.29, 1.82) is 0 Å². The van der Waals surface area contributed by atoms with E-state index < -0.39 is 11.7 Å². The number of amides is 1. The van der Waals surface area contributed by atoms with Crippen LogP contribution >= 0.6 is 0 Å². The minimum absolute atomic E-state index is 0.0128. The normalized spacial score (nSPS) is 21.6. The van der Waals surface area contributed by atoms with Gasteiger partial charge in [-0.25, -0.2) is 24.7 Å². The molecule has 4 heterocycles. The number of nitrogens with two attached hydrogens (primary N) is 1. The molecule has 0 aromatic carbocycles. The zero-order valence-corrected chi connectivity index (χ0v) is 27.1. The van der Waals surface area contributed by atoms with E-state index in [0.717, 1.165) is 51.4 Å². The van der Waals surface area contributed by atoms with Gasteiger partial charge in [0.2, 0.25) is 0 Å². The Morgan fingerprint density at radius 2 is 1.26 bits per heavy atom. The van der Waals surface area contributed by atoms with E-state index >= 15 is 0 Å². The fraction of sp³-hybridized carbons (Fsp3) is 0.545. The lowest BCUT2D eigenvalue weighted by Crippen LogP contribution is -2.41. The molecule has 0 saturated heterocycles. The summed E-state index contributed by atoms with van der Waals surface area (Å²) < 4.78 is 8.69. The molecule has 14 nitrogen and oxygen atoms in total. The number of fused-ring (bicyclic) bond motifs is 2. The molecule has 0 unspecified atom stereocenters. The zero-order valence-electron chi connectivity index (χ0n) is 27.1. The first-order valence-electron chi connectivity index (χ1n) is 16.2. The summed E-state index contributed by atoms with van der Waals surface area (Å²) in [5.74, 6) is 0. The van der Waals surface area contributed by atoms with E-state index in [4.69, 9.17) is 10.5 Å². The maximum Gasteiger partial charge on any atom is 0.407 e. The van der Waals surface area contributed by atoms with Gasteiger partial charge in [0.15, 0.2) is 11.3 Å². The van der Waals surface area contributed by atoms with Crippen molar-refractivity contribution in [3.63, 3.8) is 0 Å². The molecule has 0 aliphatic heterocycles. The molecule has 0 atom stereocenters. The summed E-state index contributed by atoms with van der Waals surface area (Å²) >= 11 is 0. The third-order valence-electron chi connectivity index (χ3n) is 8.60. The van der Waals surface area contributed by atoms with Crippen molar-refractivity contribution >= 4 is 28.4 Å². The van der Waals surface area contributed by atoms with Crippen molar-refractivity contribution < 1.29 is 19.7 Å². The van der Waals surface area contributed by atoms with Crippen LogP contribution in [0.2, 0.25) is 0 Å². The Morgan fingerprint density at radius 3 is 1.68 bits per heavy atom. The molecule has 5 N–H and O–H groups in total. The summed E-state index contributed by atoms with van der Waals surface area (Å²) in [5, 5.41) is 21.5. The molecule has 0 radical (unpaired) electrons. The fourth-order valence-corrected chi connectivity index (χ4v) is 6.29. The lowest BCUT2D eigenvalue weighted by atomic mass is 9.91. The summed E-state index contributed by atoms with van der Waals surface area (Å²) in [6, 6.07) is 7.34. The number of hydrogen-bond acceptors (Lipinski definition) is 11. The lowest BCUT2D eigenvalue weighted by Gasteiger charge is -2.31. The number of aliphatic hydroxyl groups is 2. The van der Waals surface area contributed by atoms with E-state index in [1.165, 1.54) is 12.4 Å². The van der Waals surface area contributed by atoms with Crippen LogP contribution in [0.1, 0.15) is 95.6 Å². The van der Waals surface area contributed by atoms with Gasteiger partial charge in [0.05, 0.1) is 37.0 Å². The van der Waals surface area contributed by atoms with Crippen LogP contribution < -0.4 is 22.2 Å². The summed E-state index contributed by atoms with van der Waals surface area (Å²) in [5.41, 5.74) is 8.47. The van der Waals surface area contributed by atoms with E-state index in [2.05, 4.69) is 25.3 Å². The molecule has 4 aromatic heterocycles. The minimum atomic E-state index is -0.527. The molecule has 47 heavy (non-hydrogen) atoms. The first kappa shape index (κ1) is 34.1. The van der Waals surface area contributed by atoms with Crippen LogP contribution in [0.5, 0.6) is 0 Å². The Morgan fingerprint density at radius 1 is 0.809 bits per heavy atom. The number of ether oxygens (including phenoxy) is 1. The van der Waals surface area contributed by atoms with E-state index in [9.17, 15) is 24.6 Å². The minimum Gasteiger partial charge on any atom is -0.444 e. The Hall–Kier alpha value is -4.27. The number of aliphatic hydroxyl groups excluding tert-OH is 2.